The minimum absolute atomic E-state index is 0. The molecule has 1 heterocycles. The Morgan fingerprint density at radius 3 is 2.25 bits per heavy atom. The van der Waals surface area contributed by atoms with Gasteiger partial charge in [-0.25, -0.2) is 9.79 Å². The van der Waals surface area contributed by atoms with Crippen molar-refractivity contribution in [3.63, 3.8) is 0 Å². The fourth-order valence-corrected chi connectivity index (χ4v) is 1.67. The van der Waals surface area contributed by atoms with Gasteiger partial charge in [-0.05, 0) is 20.8 Å². The molecule has 0 saturated carbocycles. The maximum absolute atomic E-state index is 11.9. The Balaban J connectivity index is 0.00000361. The van der Waals surface area contributed by atoms with Crippen molar-refractivity contribution in [1.82, 2.24) is 9.80 Å². The number of rotatable bonds is 1. The molecule has 0 unspecified atom stereocenters. The Hall–Kier alpha value is -1.17. The van der Waals surface area contributed by atoms with Gasteiger partial charge in [-0.1, -0.05) is 5.92 Å². The molecule has 7 heteroatoms. The lowest BCUT2D eigenvalue weighted by atomic mass is 10.2. The Morgan fingerprint density at radius 1 is 1.30 bits per heavy atom. The van der Waals surface area contributed by atoms with Crippen LogP contribution in [-0.2, 0) is 4.74 Å². The second-order valence-electron chi connectivity index (χ2n) is 5.33. The average molecular weight is 394 g/mol. The summed E-state index contributed by atoms with van der Waals surface area (Å²) in [5.41, 5.74) is 5.33. The summed E-state index contributed by atoms with van der Waals surface area (Å²) < 4.78 is 5.32. The van der Waals surface area contributed by atoms with E-state index in [1.54, 1.807) is 4.90 Å². The number of carbonyl (C=O) groups is 1. The molecule has 2 N–H and O–H groups in total. The number of hydrogen-bond acceptors (Lipinski definition) is 3. The van der Waals surface area contributed by atoms with Crippen LogP contribution in [0.5, 0.6) is 0 Å². The first-order valence-corrected chi connectivity index (χ1v) is 6.30. The fourth-order valence-electron chi connectivity index (χ4n) is 1.67. The van der Waals surface area contributed by atoms with E-state index in [1.807, 2.05) is 25.7 Å². The number of nitrogens with zero attached hydrogens (tertiary/aromatic N) is 3. The number of terminal acetylenes is 1. The summed E-state index contributed by atoms with van der Waals surface area (Å²) in [4.78, 5) is 19.5. The highest BCUT2D eigenvalue weighted by Crippen LogP contribution is 2.11. The number of aliphatic imine (C=N–C) groups is 1. The van der Waals surface area contributed by atoms with Crippen LogP contribution in [0.3, 0.4) is 0 Å². The predicted molar refractivity (Wildman–Crippen MR) is 90.1 cm³/mol. The molecular formula is C13H23IN4O2. The van der Waals surface area contributed by atoms with Crippen LogP contribution >= 0.6 is 24.0 Å². The van der Waals surface area contributed by atoms with E-state index in [2.05, 4.69) is 10.9 Å². The molecule has 0 aliphatic carbocycles. The SMILES string of the molecule is C#CCN=C(N)N1CCN(C(=O)OC(C)(C)C)CC1.I. The number of carbonyl (C=O) groups excluding carboxylic acids is 1. The Labute approximate surface area is 137 Å². The van der Waals surface area contributed by atoms with Crippen LogP contribution in [0.15, 0.2) is 4.99 Å². The van der Waals surface area contributed by atoms with E-state index < -0.39 is 5.60 Å². The zero-order valence-electron chi connectivity index (χ0n) is 12.3. The van der Waals surface area contributed by atoms with Crippen LogP contribution in [0.2, 0.25) is 0 Å². The quantitative estimate of drug-likeness (QED) is 0.313. The first-order valence-electron chi connectivity index (χ1n) is 6.30. The Morgan fingerprint density at radius 2 is 1.80 bits per heavy atom. The second-order valence-corrected chi connectivity index (χ2v) is 5.33. The molecule has 1 saturated heterocycles. The van der Waals surface area contributed by atoms with Gasteiger partial charge in [0.25, 0.3) is 0 Å². The van der Waals surface area contributed by atoms with E-state index in [4.69, 9.17) is 16.9 Å². The van der Waals surface area contributed by atoms with E-state index in [9.17, 15) is 4.79 Å². The smallest absolute Gasteiger partial charge is 0.410 e. The zero-order valence-corrected chi connectivity index (χ0v) is 14.6. The van der Waals surface area contributed by atoms with Crippen molar-refractivity contribution in [2.24, 2.45) is 10.7 Å². The maximum atomic E-state index is 11.9. The van der Waals surface area contributed by atoms with Gasteiger partial charge in [0, 0.05) is 26.2 Å². The van der Waals surface area contributed by atoms with Gasteiger partial charge in [0.15, 0.2) is 5.96 Å². The van der Waals surface area contributed by atoms with Crippen molar-refractivity contribution < 1.29 is 9.53 Å². The Kier molecular flexibility index (Phi) is 7.71. The maximum Gasteiger partial charge on any atom is 0.410 e. The minimum atomic E-state index is -0.471. The van der Waals surface area contributed by atoms with Crippen molar-refractivity contribution in [3.05, 3.63) is 0 Å². The third-order valence-electron chi connectivity index (χ3n) is 2.59. The van der Waals surface area contributed by atoms with Crippen molar-refractivity contribution in [3.8, 4) is 12.3 Å². The van der Waals surface area contributed by atoms with Crippen molar-refractivity contribution in [1.29, 1.82) is 0 Å². The summed E-state index contributed by atoms with van der Waals surface area (Å²) in [7, 11) is 0. The third kappa shape index (κ3) is 6.32. The van der Waals surface area contributed by atoms with E-state index >= 15 is 0 Å². The standard InChI is InChI=1S/C13H22N4O2.HI/c1-5-6-15-11(14)16-7-9-17(10-8-16)12(18)19-13(2,3)4;/h1H,6-10H2,2-4H3,(H2,14,15);1H. The van der Waals surface area contributed by atoms with E-state index in [1.165, 1.54) is 0 Å². The summed E-state index contributed by atoms with van der Waals surface area (Å²) >= 11 is 0. The first-order chi connectivity index (χ1) is 8.83. The molecule has 0 aromatic heterocycles. The normalized spacial score (nSPS) is 16.2. The summed E-state index contributed by atoms with van der Waals surface area (Å²) in [6, 6.07) is 0. The largest absolute Gasteiger partial charge is 0.444 e. The summed E-state index contributed by atoms with van der Waals surface area (Å²) in [5.74, 6) is 2.84. The van der Waals surface area contributed by atoms with Crippen molar-refractivity contribution in [2.75, 3.05) is 32.7 Å². The summed E-state index contributed by atoms with van der Waals surface area (Å²) in [6.45, 7) is 8.25. The number of piperazine rings is 1. The van der Waals surface area contributed by atoms with E-state index in [0.717, 1.165) is 0 Å². The van der Waals surface area contributed by atoms with Gasteiger partial charge in [-0.15, -0.1) is 30.4 Å². The molecule has 1 fully saturated rings. The van der Waals surface area contributed by atoms with Gasteiger partial charge < -0.3 is 20.3 Å². The molecule has 20 heavy (non-hydrogen) atoms. The van der Waals surface area contributed by atoms with Gasteiger partial charge >= 0.3 is 6.09 Å². The average Bonchev–Trinajstić information content (AvgIpc) is 2.34. The molecule has 1 amide bonds. The van der Waals surface area contributed by atoms with Crippen molar-refractivity contribution >= 4 is 36.0 Å². The molecule has 0 spiro atoms. The third-order valence-corrected chi connectivity index (χ3v) is 2.59. The minimum Gasteiger partial charge on any atom is -0.444 e. The van der Waals surface area contributed by atoms with Crippen LogP contribution in [0.25, 0.3) is 0 Å². The second kappa shape index (κ2) is 8.19. The van der Waals surface area contributed by atoms with Crippen LogP contribution in [0, 0.1) is 12.3 Å². The number of nitrogens with two attached hydrogens (primary N) is 1. The van der Waals surface area contributed by atoms with Gasteiger partial charge in [0.2, 0.25) is 0 Å². The number of guanidine groups is 1. The molecule has 6 nitrogen and oxygen atoms in total. The molecule has 0 aromatic carbocycles. The van der Waals surface area contributed by atoms with Gasteiger partial charge in [-0.2, -0.15) is 0 Å². The summed E-state index contributed by atoms with van der Waals surface area (Å²) in [5, 5.41) is 0. The van der Waals surface area contributed by atoms with Crippen LogP contribution < -0.4 is 5.73 Å². The highest BCUT2D eigenvalue weighted by atomic mass is 127. The van der Waals surface area contributed by atoms with E-state index in [-0.39, 0.29) is 36.6 Å². The molecule has 1 rings (SSSR count). The molecule has 0 radical (unpaired) electrons. The predicted octanol–water partition coefficient (Wildman–Crippen LogP) is 1.10. The number of ether oxygens (including phenoxy) is 1. The number of hydrogen-bond donors (Lipinski definition) is 1. The molecule has 114 valence electrons. The topological polar surface area (TPSA) is 71.2 Å². The van der Waals surface area contributed by atoms with Crippen molar-refractivity contribution in [2.45, 2.75) is 26.4 Å². The number of halogens is 1. The van der Waals surface area contributed by atoms with Gasteiger partial charge in [-0.3, -0.25) is 0 Å². The van der Waals surface area contributed by atoms with E-state index in [0.29, 0.717) is 32.1 Å². The number of amides is 1. The first kappa shape index (κ1) is 18.8. The molecule has 0 bridgehead atoms. The Bertz CT molecular complexity index is 390. The molecule has 0 atom stereocenters. The molecular weight excluding hydrogens is 371 g/mol. The van der Waals surface area contributed by atoms with Gasteiger partial charge in [0.1, 0.15) is 12.1 Å². The lowest BCUT2D eigenvalue weighted by Crippen LogP contribution is -2.53. The van der Waals surface area contributed by atoms with Gasteiger partial charge in [0.05, 0.1) is 0 Å². The van der Waals surface area contributed by atoms with Crippen LogP contribution in [-0.4, -0.2) is 60.2 Å². The fraction of sp³-hybridized carbons (Fsp3) is 0.692. The lowest BCUT2D eigenvalue weighted by molar-refractivity contribution is 0.0186. The highest BCUT2D eigenvalue weighted by Gasteiger charge is 2.26. The molecule has 1 aliphatic heterocycles. The van der Waals surface area contributed by atoms with Crippen LogP contribution in [0.4, 0.5) is 4.79 Å². The highest BCUT2D eigenvalue weighted by molar-refractivity contribution is 14.0. The van der Waals surface area contributed by atoms with Crippen LogP contribution in [0.1, 0.15) is 20.8 Å². The monoisotopic (exact) mass is 394 g/mol. The summed E-state index contributed by atoms with van der Waals surface area (Å²) in [6.07, 6.45) is 4.84. The lowest BCUT2D eigenvalue weighted by Gasteiger charge is -2.36. The molecule has 1 aliphatic rings. The molecule has 0 aromatic rings. The zero-order chi connectivity index (χ0) is 14.5.